The molecule has 28 heavy (non-hydrogen) atoms. The summed E-state index contributed by atoms with van der Waals surface area (Å²) in [6.45, 7) is 3.33. The molecule has 2 fully saturated rings. The van der Waals surface area contributed by atoms with E-state index in [2.05, 4.69) is 10.2 Å². The maximum atomic E-state index is 13.1. The minimum atomic E-state index is -0.289. The molecule has 1 aliphatic carbocycles. The first kappa shape index (κ1) is 19.2. The van der Waals surface area contributed by atoms with Gasteiger partial charge in [0, 0.05) is 31.2 Å². The second-order valence-corrected chi connectivity index (χ2v) is 8.22. The SMILES string of the molecule is O=C(NC1CCN(CC2CCCCC2)CC1)c1ccc(-c2ccc(F)cc2)o1. The van der Waals surface area contributed by atoms with E-state index >= 15 is 0 Å². The Kier molecular flexibility index (Phi) is 6.10. The first-order valence-corrected chi connectivity index (χ1v) is 10.6. The van der Waals surface area contributed by atoms with Crippen LogP contribution in [0.2, 0.25) is 0 Å². The number of halogens is 1. The molecule has 4 nitrogen and oxygen atoms in total. The molecule has 0 radical (unpaired) electrons. The van der Waals surface area contributed by atoms with E-state index in [1.807, 2.05) is 0 Å². The molecule has 0 spiro atoms. The zero-order valence-corrected chi connectivity index (χ0v) is 16.3. The van der Waals surface area contributed by atoms with Crippen LogP contribution in [0, 0.1) is 11.7 Å². The van der Waals surface area contributed by atoms with E-state index < -0.39 is 0 Å². The van der Waals surface area contributed by atoms with Gasteiger partial charge in [-0.2, -0.15) is 0 Å². The van der Waals surface area contributed by atoms with E-state index in [9.17, 15) is 9.18 Å². The van der Waals surface area contributed by atoms with Gasteiger partial charge in [0.1, 0.15) is 11.6 Å². The molecular weight excluding hydrogens is 355 g/mol. The van der Waals surface area contributed by atoms with Crippen LogP contribution in [0.3, 0.4) is 0 Å². The molecule has 2 aromatic rings. The highest BCUT2D eigenvalue weighted by atomic mass is 19.1. The Morgan fingerprint density at radius 2 is 1.71 bits per heavy atom. The predicted molar refractivity (Wildman–Crippen MR) is 108 cm³/mol. The molecule has 1 amide bonds. The fourth-order valence-corrected chi connectivity index (χ4v) is 4.48. The highest BCUT2D eigenvalue weighted by Crippen LogP contribution is 2.26. The fraction of sp³-hybridized carbons (Fsp3) is 0.522. The number of likely N-dealkylation sites (tertiary alicyclic amines) is 1. The Bertz CT molecular complexity index is 772. The fourth-order valence-electron chi connectivity index (χ4n) is 4.48. The van der Waals surface area contributed by atoms with Gasteiger partial charge in [-0.1, -0.05) is 19.3 Å². The number of carbonyl (C=O) groups excluding carboxylic acids is 1. The summed E-state index contributed by atoms with van der Waals surface area (Å²) in [4.78, 5) is 15.1. The summed E-state index contributed by atoms with van der Waals surface area (Å²) < 4.78 is 18.7. The third-order valence-electron chi connectivity index (χ3n) is 6.12. The highest BCUT2D eigenvalue weighted by Gasteiger charge is 2.24. The van der Waals surface area contributed by atoms with Crippen molar-refractivity contribution in [3.8, 4) is 11.3 Å². The largest absolute Gasteiger partial charge is 0.451 e. The predicted octanol–water partition coefficient (Wildman–Crippen LogP) is 4.86. The van der Waals surface area contributed by atoms with Crippen LogP contribution in [-0.2, 0) is 0 Å². The molecule has 1 aromatic carbocycles. The minimum Gasteiger partial charge on any atom is -0.451 e. The van der Waals surface area contributed by atoms with Gasteiger partial charge in [0.15, 0.2) is 5.76 Å². The molecule has 1 saturated heterocycles. The van der Waals surface area contributed by atoms with Crippen molar-refractivity contribution < 1.29 is 13.6 Å². The van der Waals surface area contributed by atoms with E-state index in [4.69, 9.17) is 4.42 Å². The number of furan rings is 1. The van der Waals surface area contributed by atoms with Gasteiger partial charge < -0.3 is 14.6 Å². The van der Waals surface area contributed by atoms with Gasteiger partial charge in [0.2, 0.25) is 0 Å². The normalized spacial score (nSPS) is 19.6. The van der Waals surface area contributed by atoms with Gasteiger partial charge in [-0.3, -0.25) is 4.79 Å². The van der Waals surface area contributed by atoms with E-state index in [0.29, 0.717) is 11.5 Å². The van der Waals surface area contributed by atoms with Crippen LogP contribution in [-0.4, -0.2) is 36.5 Å². The van der Waals surface area contributed by atoms with Gasteiger partial charge in [0.25, 0.3) is 5.91 Å². The Hall–Kier alpha value is -2.14. The maximum absolute atomic E-state index is 13.1. The smallest absolute Gasteiger partial charge is 0.287 e. The van der Waals surface area contributed by atoms with Crippen LogP contribution in [0.25, 0.3) is 11.3 Å². The van der Waals surface area contributed by atoms with Gasteiger partial charge in [-0.05, 0) is 68.0 Å². The second-order valence-electron chi connectivity index (χ2n) is 8.22. The summed E-state index contributed by atoms with van der Waals surface area (Å²) in [5.41, 5.74) is 0.761. The third kappa shape index (κ3) is 4.82. The number of rotatable bonds is 5. The van der Waals surface area contributed by atoms with Gasteiger partial charge in [-0.15, -0.1) is 0 Å². The lowest BCUT2D eigenvalue weighted by Crippen LogP contribution is -2.45. The summed E-state index contributed by atoms with van der Waals surface area (Å²) in [5, 5.41) is 3.11. The number of hydrogen-bond acceptors (Lipinski definition) is 3. The first-order valence-electron chi connectivity index (χ1n) is 10.6. The van der Waals surface area contributed by atoms with Crippen molar-refractivity contribution in [3.63, 3.8) is 0 Å². The quantitative estimate of drug-likeness (QED) is 0.801. The molecule has 1 N–H and O–H groups in total. The average molecular weight is 384 g/mol. The second kappa shape index (κ2) is 8.91. The maximum Gasteiger partial charge on any atom is 0.287 e. The molecule has 5 heteroatoms. The van der Waals surface area contributed by atoms with Crippen LogP contribution in [0.5, 0.6) is 0 Å². The van der Waals surface area contributed by atoms with Gasteiger partial charge in [-0.25, -0.2) is 4.39 Å². The number of hydrogen-bond donors (Lipinski definition) is 1. The van der Waals surface area contributed by atoms with Gasteiger partial charge >= 0.3 is 0 Å². The Balaban J connectivity index is 1.26. The first-order chi connectivity index (χ1) is 13.7. The number of piperidine rings is 1. The summed E-state index contributed by atoms with van der Waals surface area (Å²) in [7, 11) is 0. The molecule has 0 atom stereocenters. The topological polar surface area (TPSA) is 45.5 Å². The Labute approximate surface area is 166 Å². The Morgan fingerprint density at radius 1 is 1.00 bits per heavy atom. The number of carbonyl (C=O) groups is 1. The van der Waals surface area contributed by atoms with Crippen LogP contribution in [0.1, 0.15) is 55.5 Å². The van der Waals surface area contributed by atoms with E-state index in [0.717, 1.165) is 37.4 Å². The molecule has 1 saturated carbocycles. The molecule has 1 aromatic heterocycles. The summed E-state index contributed by atoms with van der Waals surface area (Å²) in [5.74, 6) is 1.30. The highest BCUT2D eigenvalue weighted by molar-refractivity contribution is 5.92. The average Bonchev–Trinajstić information content (AvgIpc) is 3.21. The number of benzene rings is 1. The zero-order valence-electron chi connectivity index (χ0n) is 16.3. The molecule has 2 aliphatic rings. The number of amides is 1. The minimum absolute atomic E-state index is 0.168. The van der Waals surface area contributed by atoms with Crippen molar-refractivity contribution in [2.75, 3.05) is 19.6 Å². The lowest BCUT2D eigenvalue weighted by atomic mass is 9.88. The van der Waals surface area contributed by atoms with E-state index in [1.165, 1.54) is 50.8 Å². The molecule has 4 rings (SSSR count). The van der Waals surface area contributed by atoms with Crippen molar-refractivity contribution in [3.05, 3.63) is 48.0 Å². The van der Waals surface area contributed by atoms with Crippen LogP contribution in [0.4, 0.5) is 4.39 Å². The lowest BCUT2D eigenvalue weighted by Gasteiger charge is -2.35. The van der Waals surface area contributed by atoms with E-state index in [-0.39, 0.29) is 17.8 Å². The summed E-state index contributed by atoms with van der Waals surface area (Å²) >= 11 is 0. The van der Waals surface area contributed by atoms with Crippen LogP contribution < -0.4 is 5.32 Å². The van der Waals surface area contributed by atoms with Crippen molar-refractivity contribution in [2.45, 2.75) is 51.0 Å². The monoisotopic (exact) mass is 384 g/mol. The molecule has 2 heterocycles. The number of nitrogens with one attached hydrogen (secondary N) is 1. The molecule has 1 aliphatic heterocycles. The number of nitrogens with zero attached hydrogens (tertiary/aromatic N) is 1. The summed E-state index contributed by atoms with van der Waals surface area (Å²) in [6.07, 6.45) is 8.92. The lowest BCUT2D eigenvalue weighted by molar-refractivity contribution is 0.0875. The molecule has 0 bridgehead atoms. The third-order valence-corrected chi connectivity index (χ3v) is 6.12. The zero-order chi connectivity index (χ0) is 19.3. The standard InChI is InChI=1S/C23H29FN2O2/c24-19-8-6-18(7-9-19)21-10-11-22(28-21)23(27)25-20-12-14-26(15-13-20)16-17-4-2-1-3-5-17/h6-11,17,20H,1-5,12-16H2,(H,25,27). The van der Waals surface area contributed by atoms with Crippen LogP contribution >= 0.6 is 0 Å². The van der Waals surface area contributed by atoms with Crippen molar-refractivity contribution in [1.82, 2.24) is 10.2 Å². The van der Waals surface area contributed by atoms with Gasteiger partial charge in [0.05, 0.1) is 0 Å². The molecular formula is C23H29FN2O2. The molecule has 150 valence electrons. The Morgan fingerprint density at radius 3 is 2.43 bits per heavy atom. The van der Waals surface area contributed by atoms with Crippen LogP contribution in [0.15, 0.2) is 40.8 Å². The van der Waals surface area contributed by atoms with Crippen molar-refractivity contribution in [2.24, 2.45) is 5.92 Å². The van der Waals surface area contributed by atoms with E-state index in [1.54, 1.807) is 24.3 Å². The summed E-state index contributed by atoms with van der Waals surface area (Å²) in [6, 6.07) is 9.73. The molecule has 0 unspecified atom stereocenters. The van der Waals surface area contributed by atoms with Crippen molar-refractivity contribution in [1.29, 1.82) is 0 Å². The van der Waals surface area contributed by atoms with Crippen molar-refractivity contribution >= 4 is 5.91 Å².